The zero-order valence-electron chi connectivity index (χ0n) is 17.0. The van der Waals surface area contributed by atoms with Crippen molar-refractivity contribution >= 4 is 17.5 Å². The SMILES string of the molecule is COc1cc(C(=O)NCC(=O)NCC(C)N(C)c2ccccc2)ccc1OC(F)F. The summed E-state index contributed by atoms with van der Waals surface area (Å²) in [5.74, 6) is -1.08. The average molecular weight is 421 g/mol. The standard InChI is InChI=1S/C21H25F2N3O4/c1-14(26(2)16-7-5-4-6-8-16)12-24-19(27)13-25-20(28)15-9-10-17(30-21(22)23)18(11-15)29-3/h4-11,14,21H,12-13H2,1-3H3,(H,24,27)(H,25,28). The second-order valence-corrected chi connectivity index (χ2v) is 6.53. The summed E-state index contributed by atoms with van der Waals surface area (Å²) in [6.45, 7) is -0.863. The number of carbonyl (C=O) groups is 2. The molecule has 0 fully saturated rings. The normalized spacial score (nSPS) is 11.5. The van der Waals surface area contributed by atoms with Gasteiger partial charge in [0.1, 0.15) is 0 Å². The summed E-state index contributed by atoms with van der Waals surface area (Å²) in [7, 11) is 3.21. The second-order valence-electron chi connectivity index (χ2n) is 6.53. The highest BCUT2D eigenvalue weighted by atomic mass is 19.3. The number of hydrogen-bond acceptors (Lipinski definition) is 5. The number of rotatable bonds is 10. The number of methoxy groups -OCH3 is 1. The van der Waals surface area contributed by atoms with Crippen molar-refractivity contribution in [3.05, 3.63) is 54.1 Å². The van der Waals surface area contributed by atoms with Crippen LogP contribution in [0.4, 0.5) is 14.5 Å². The minimum Gasteiger partial charge on any atom is -0.493 e. The van der Waals surface area contributed by atoms with E-state index in [0.29, 0.717) is 6.54 Å². The van der Waals surface area contributed by atoms with E-state index in [0.717, 1.165) is 5.69 Å². The van der Waals surface area contributed by atoms with Gasteiger partial charge in [-0.2, -0.15) is 8.78 Å². The third kappa shape index (κ3) is 6.61. The van der Waals surface area contributed by atoms with Gasteiger partial charge in [-0.25, -0.2) is 0 Å². The summed E-state index contributed by atoms with van der Waals surface area (Å²) in [4.78, 5) is 26.3. The van der Waals surface area contributed by atoms with Crippen LogP contribution in [-0.2, 0) is 4.79 Å². The smallest absolute Gasteiger partial charge is 0.387 e. The number of likely N-dealkylation sites (N-methyl/N-ethyl adjacent to an activating group) is 1. The summed E-state index contributed by atoms with van der Waals surface area (Å²) >= 11 is 0. The molecule has 2 aromatic carbocycles. The van der Waals surface area contributed by atoms with Crippen LogP contribution in [0.15, 0.2) is 48.5 Å². The molecule has 0 bridgehead atoms. The molecule has 1 atom stereocenters. The maximum atomic E-state index is 12.4. The van der Waals surface area contributed by atoms with Gasteiger partial charge in [-0.1, -0.05) is 18.2 Å². The van der Waals surface area contributed by atoms with Gasteiger partial charge in [0.25, 0.3) is 5.91 Å². The van der Waals surface area contributed by atoms with Gasteiger partial charge >= 0.3 is 6.61 Å². The molecular formula is C21H25F2N3O4. The fraction of sp³-hybridized carbons (Fsp3) is 0.333. The van der Waals surface area contributed by atoms with E-state index in [1.807, 2.05) is 49.2 Å². The fourth-order valence-electron chi connectivity index (χ4n) is 2.64. The number of hydrogen-bond donors (Lipinski definition) is 2. The molecule has 7 nitrogen and oxygen atoms in total. The van der Waals surface area contributed by atoms with E-state index in [4.69, 9.17) is 4.74 Å². The van der Waals surface area contributed by atoms with E-state index in [2.05, 4.69) is 15.4 Å². The van der Waals surface area contributed by atoms with E-state index in [9.17, 15) is 18.4 Å². The summed E-state index contributed by atoms with van der Waals surface area (Å²) in [5.41, 5.74) is 1.18. The number of nitrogens with zero attached hydrogens (tertiary/aromatic N) is 1. The molecule has 0 saturated carbocycles. The Morgan fingerprint density at radius 2 is 1.77 bits per heavy atom. The Morgan fingerprint density at radius 3 is 2.40 bits per heavy atom. The first-order chi connectivity index (χ1) is 14.3. The average Bonchev–Trinajstić information content (AvgIpc) is 2.75. The van der Waals surface area contributed by atoms with Crippen LogP contribution in [0.25, 0.3) is 0 Å². The van der Waals surface area contributed by atoms with Gasteiger partial charge in [0.2, 0.25) is 5.91 Å². The largest absolute Gasteiger partial charge is 0.493 e. The summed E-state index contributed by atoms with van der Waals surface area (Å²) in [6.07, 6.45) is 0. The Labute approximate surface area is 174 Å². The maximum absolute atomic E-state index is 12.4. The molecule has 0 saturated heterocycles. The number of para-hydroxylation sites is 1. The minimum absolute atomic E-state index is 0.00910. The van der Waals surface area contributed by atoms with Gasteiger partial charge in [-0.3, -0.25) is 9.59 Å². The Bertz CT molecular complexity index is 849. The number of anilines is 1. The van der Waals surface area contributed by atoms with E-state index in [-0.39, 0.29) is 35.6 Å². The third-order valence-corrected chi connectivity index (χ3v) is 4.47. The number of alkyl halides is 2. The predicted molar refractivity (Wildman–Crippen MR) is 109 cm³/mol. The Hall–Kier alpha value is -3.36. The number of benzene rings is 2. The first kappa shape index (κ1) is 22.9. The number of ether oxygens (including phenoxy) is 2. The Balaban J connectivity index is 1.83. The van der Waals surface area contributed by atoms with Crippen molar-refractivity contribution in [1.29, 1.82) is 0 Å². The Morgan fingerprint density at radius 1 is 1.07 bits per heavy atom. The van der Waals surface area contributed by atoms with Crippen molar-refractivity contribution in [2.75, 3.05) is 32.1 Å². The van der Waals surface area contributed by atoms with E-state index in [1.165, 1.54) is 25.3 Å². The molecule has 2 rings (SSSR count). The van der Waals surface area contributed by atoms with Crippen molar-refractivity contribution < 1.29 is 27.8 Å². The lowest BCUT2D eigenvalue weighted by atomic mass is 10.2. The van der Waals surface area contributed by atoms with Gasteiger partial charge in [-0.05, 0) is 37.3 Å². The molecule has 0 aliphatic rings. The Kier molecular flexibility index (Phi) is 8.40. The molecule has 0 heterocycles. The molecule has 2 N–H and O–H groups in total. The third-order valence-electron chi connectivity index (χ3n) is 4.47. The van der Waals surface area contributed by atoms with Crippen LogP contribution < -0.4 is 25.0 Å². The molecule has 0 aliphatic carbocycles. The van der Waals surface area contributed by atoms with Gasteiger partial charge in [-0.15, -0.1) is 0 Å². The van der Waals surface area contributed by atoms with Crippen LogP contribution in [0.2, 0.25) is 0 Å². The minimum atomic E-state index is -3.01. The van der Waals surface area contributed by atoms with E-state index in [1.54, 1.807) is 0 Å². The molecule has 2 aromatic rings. The molecule has 0 spiro atoms. The van der Waals surface area contributed by atoms with E-state index >= 15 is 0 Å². The number of halogens is 2. The quantitative estimate of drug-likeness (QED) is 0.617. The van der Waals surface area contributed by atoms with Gasteiger partial charge in [0, 0.05) is 30.9 Å². The summed E-state index contributed by atoms with van der Waals surface area (Å²) < 4.78 is 34.0. The number of nitrogens with one attached hydrogen (secondary N) is 2. The maximum Gasteiger partial charge on any atom is 0.387 e. The molecule has 0 aliphatic heterocycles. The van der Waals surface area contributed by atoms with Crippen molar-refractivity contribution in [3.63, 3.8) is 0 Å². The highest BCUT2D eigenvalue weighted by Gasteiger charge is 2.15. The lowest BCUT2D eigenvalue weighted by Crippen LogP contribution is -2.43. The van der Waals surface area contributed by atoms with Crippen LogP contribution in [0.5, 0.6) is 11.5 Å². The lowest BCUT2D eigenvalue weighted by Gasteiger charge is -2.27. The van der Waals surface area contributed by atoms with Crippen molar-refractivity contribution in [2.24, 2.45) is 0 Å². The zero-order valence-corrected chi connectivity index (χ0v) is 17.0. The lowest BCUT2D eigenvalue weighted by molar-refractivity contribution is -0.120. The predicted octanol–water partition coefficient (Wildman–Crippen LogP) is 2.67. The number of carbonyl (C=O) groups excluding carboxylic acids is 2. The molecule has 0 aromatic heterocycles. The van der Waals surface area contributed by atoms with Crippen LogP contribution in [0.1, 0.15) is 17.3 Å². The van der Waals surface area contributed by atoms with Crippen molar-refractivity contribution in [2.45, 2.75) is 19.6 Å². The van der Waals surface area contributed by atoms with Crippen LogP contribution in [-0.4, -0.2) is 51.7 Å². The number of amides is 2. The van der Waals surface area contributed by atoms with Crippen LogP contribution in [0, 0.1) is 0 Å². The van der Waals surface area contributed by atoms with E-state index < -0.39 is 12.5 Å². The highest BCUT2D eigenvalue weighted by Crippen LogP contribution is 2.29. The van der Waals surface area contributed by atoms with Gasteiger partial charge < -0.3 is 25.0 Å². The molecule has 30 heavy (non-hydrogen) atoms. The molecule has 9 heteroatoms. The molecule has 1 unspecified atom stereocenters. The van der Waals surface area contributed by atoms with Crippen molar-refractivity contribution in [3.8, 4) is 11.5 Å². The first-order valence-corrected chi connectivity index (χ1v) is 9.27. The molecule has 2 amide bonds. The second kappa shape index (κ2) is 11.0. The van der Waals surface area contributed by atoms with Gasteiger partial charge in [0.15, 0.2) is 11.5 Å². The first-order valence-electron chi connectivity index (χ1n) is 9.27. The zero-order chi connectivity index (χ0) is 22.1. The van der Waals surface area contributed by atoms with Crippen LogP contribution >= 0.6 is 0 Å². The van der Waals surface area contributed by atoms with Gasteiger partial charge in [0.05, 0.1) is 13.7 Å². The van der Waals surface area contributed by atoms with Crippen LogP contribution in [0.3, 0.4) is 0 Å². The topological polar surface area (TPSA) is 79.9 Å². The van der Waals surface area contributed by atoms with Crippen molar-refractivity contribution in [1.82, 2.24) is 10.6 Å². The summed E-state index contributed by atoms with van der Waals surface area (Å²) in [6, 6.07) is 13.6. The molecule has 0 radical (unpaired) electrons. The fourth-order valence-corrected chi connectivity index (χ4v) is 2.64. The monoisotopic (exact) mass is 421 g/mol. The highest BCUT2D eigenvalue weighted by molar-refractivity contribution is 5.97. The molecule has 162 valence electrons. The molecular weight excluding hydrogens is 396 g/mol. The summed E-state index contributed by atoms with van der Waals surface area (Å²) in [5, 5.41) is 5.26.